The Morgan fingerprint density at radius 1 is 1.10 bits per heavy atom. The van der Waals surface area contributed by atoms with Crippen LogP contribution in [0.4, 0.5) is 15.8 Å². The number of rotatable bonds is 5. The summed E-state index contributed by atoms with van der Waals surface area (Å²) in [5.41, 5.74) is 10.00. The van der Waals surface area contributed by atoms with E-state index < -0.39 is 0 Å². The van der Waals surface area contributed by atoms with Gasteiger partial charge in [-0.15, -0.1) is 0 Å². The minimum absolute atomic E-state index is 0.210. The van der Waals surface area contributed by atoms with Gasteiger partial charge in [-0.2, -0.15) is 0 Å². The molecule has 106 valence electrons. The summed E-state index contributed by atoms with van der Waals surface area (Å²) in [5.74, 6) is -0.210. The predicted molar refractivity (Wildman–Crippen MR) is 83.0 cm³/mol. The van der Waals surface area contributed by atoms with E-state index in [9.17, 15) is 4.39 Å². The van der Waals surface area contributed by atoms with Crippen LogP contribution in [0.25, 0.3) is 0 Å². The van der Waals surface area contributed by atoms with Gasteiger partial charge in [0.15, 0.2) is 0 Å². The zero-order valence-corrected chi connectivity index (χ0v) is 12.1. The molecule has 0 amide bonds. The fourth-order valence-electron chi connectivity index (χ4n) is 2.51. The first-order chi connectivity index (χ1) is 9.67. The summed E-state index contributed by atoms with van der Waals surface area (Å²) in [6.45, 7) is 5.53. The molecule has 2 aromatic rings. The largest absolute Gasteiger partial charge is 0.341 e. The first-order valence-corrected chi connectivity index (χ1v) is 6.99. The number of aryl methyl sites for hydroxylation is 1. The molecule has 2 nitrogen and oxygen atoms in total. The van der Waals surface area contributed by atoms with Crippen LogP contribution in [-0.2, 0) is 6.42 Å². The Bertz CT molecular complexity index is 581. The summed E-state index contributed by atoms with van der Waals surface area (Å²) in [7, 11) is 0. The highest BCUT2D eigenvalue weighted by molar-refractivity contribution is 5.69. The molecule has 0 unspecified atom stereocenters. The average molecular weight is 272 g/mol. The summed E-state index contributed by atoms with van der Waals surface area (Å²) in [6.07, 6.45) is 0.676. The number of hydrogen-bond donors (Lipinski definition) is 1. The lowest BCUT2D eigenvalue weighted by atomic mass is 10.1. The molecule has 0 heterocycles. The Morgan fingerprint density at radius 3 is 2.50 bits per heavy atom. The third-order valence-corrected chi connectivity index (χ3v) is 3.47. The molecule has 0 saturated heterocycles. The van der Waals surface area contributed by atoms with Gasteiger partial charge in [-0.25, -0.2) is 4.39 Å². The monoisotopic (exact) mass is 272 g/mol. The van der Waals surface area contributed by atoms with Crippen molar-refractivity contribution in [3.63, 3.8) is 0 Å². The van der Waals surface area contributed by atoms with Gasteiger partial charge in [0.05, 0.1) is 0 Å². The zero-order chi connectivity index (χ0) is 14.5. The van der Waals surface area contributed by atoms with Crippen molar-refractivity contribution in [2.45, 2.75) is 20.3 Å². The number of nitrogens with two attached hydrogens (primary N) is 1. The van der Waals surface area contributed by atoms with Crippen LogP contribution >= 0.6 is 0 Å². The van der Waals surface area contributed by atoms with E-state index >= 15 is 0 Å². The second kappa shape index (κ2) is 6.53. The number of hydrogen-bond acceptors (Lipinski definition) is 2. The van der Waals surface area contributed by atoms with Gasteiger partial charge < -0.3 is 10.6 Å². The molecule has 0 aliphatic rings. The second-order valence-corrected chi connectivity index (χ2v) is 4.84. The van der Waals surface area contributed by atoms with E-state index in [4.69, 9.17) is 5.73 Å². The molecular formula is C17H21FN2. The third-order valence-electron chi connectivity index (χ3n) is 3.47. The van der Waals surface area contributed by atoms with Crippen molar-refractivity contribution in [3.8, 4) is 0 Å². The van der Waals surface area contributed by atoms with E-state index in [1.807, 2.05) is 18.2 Å². The number of anilines is 2. The lowest BCUT2D eigenvalue weighted by Gasteiger charge is -2.27. The second-order valence-electron chi connectivity index (χ2n) is 4.84. The Morgan fingerprint density at radius 2 is 1.85 bits per heavy atom. The molecule has 0 aromatic heterocycles. The predicted octanol–water partition coefficient (Wildman–Crippen LogP) is 3.79. The molecular weight excluding hydrogens is 251 g/mol. The molecule has 3 heteroatoms. The molecule has 0 radical (unpaired) electrons. The van der Waals surface area contributed by atoms with Crippen molar-refractivity contribution < 1.29 is 4.39 Å². The Labute approximate surface area is 120 Å². The fourth-order valence-corrected chi connectivity index (χ4v) is 2.51. The molecule has 2 N–H and O–H groups in total. The number of halogens is 1. The van der Waals surface area contributed by atoms with Crippen LogP contribution in [0.5, 0.6) is 0 Å². The highest BCUT2D eigenvalue weighted by Gasteiger charge is 2.13. The molecule has 0 saturated carbocycles. The molecule has 0 spiro atoms. The van der Waals surface area contributed by atoms with Crippen LogP contribution in [0.1, 0.15) is 18.1 Å². The SMILES string of the molecule is CCN(c1ccccc1C)c1ccc(F)cc1CCN. The van der Waals surface area contributed by atoms with E-state index in [1.165, 1.54) is 11.6 Å². The van der Waals surface area contributed by atoms with Crippen molar-refractivity contribution >= 4 is 11.4 Å². The van der Waals surface area contributed by atoms with Gasteiger partial charge in [0.1, 0.15) is 5.82 Å². The maximum absolute atomic E-state index is 13.5. The van der Waals surface area contributed by atoms with Crippen LogP contribution in [0, 0.1) is 12.7 Å². The van der Waals surface area contributed by atoms with Crippen LogP contribution in [-0.4, -0.2) is 13.1 Å². The van der Waals surface area contributed by atoms with Gasteiger partial charge in [0.25, 0.3) is 0 Å². The van der Waals surface area contributed by atoms with Crippen molar-refractivity contribution in [3.05, 3.63) is 59.4 Å². The van der Waals surface area contributed by atoms with E-state index in [2.05, 4.69) is 30.9 Å². The Kier molecular flexibility index (Phi) is 4.74. The summed E-state index contributed by atoms with van der Waals surface area (Å²) < 4.78 is 13.5. The minimum atomic E-state index is -0.210. The van der Waals surface area contributed by atoms with E-state index in [0.29, 0.717) is 13.0 Å². The van der Waals surface area contributed by atoms with Crippen molar-refractivity contribution in [1.82, 2.24) is 0 Å². The highest BCUT2D eigenvalue weighted by Crippen LogP contribution is 2.31. The summed E-state index contributed by atoms with van der Waals surface area (Å²) >= 11 is 0. The molecule has 0 fully saturated rings. The standard InChI is InChI=1S/C17H21FN2/c1-3-20(16-7-5-4-6-13(16)2)17-9-8-15(18)12-14(17)10-11-19/h4-9,12H,3,10-11,19H2,1-2H3. The van der Waals surface area contributed by atoms with E-state index in [0.717, 1.165) is 23.5 Å². The van der Waals surface area contributed by atoms with E-state index in [1.54, 1.807) is 6.07 Å². The van der Waals surface area contributed by atoms with Crippen molar-refractivity contribution in [2.75, 3.05) is 18.0 Å². The molecule has 0 aliphatic heterocycles. The Balaban J connectivity index is 2.49. The lowest BCUT2D eigenvalue weighted by Crippen LogP contribution is -2.19. The molecule has 2 aromatic carbocycles. The molecule has 0 atom stereocenters. The summed E-state index contributed by atoms with van der Waals surface area (Å²) in [6, 6.07) is 13.2. The lowest BCUT2D eigenvalue weighted by molar-refractivity contribution is 0.625. The van der Waals surface area contributed by atoms with Gasteiger partial charge >= 0.3 is 0 Å². The van der Waals surface area contributed by atoms with Gasteiger partial charge in [0.2, 0.25) is 0 Å². The third kappa shape index (κ3) is 2.99. The van der Waals surface area contributed by atoms with Crippen LogP contribution in [0.2, 0.25) is 0 Å². The highest BCUT2D eigenvalue weighted by atomic mass is 19.1. The van der Waals surface area contributed by atoms with Gasteiger partial charge in [-0.1, -0.05) is 18.2 Å². The maximum Gasteiger partial charge on any atom is 0.123 e. The van der Waals surface area contributed by atoms with Crippen LogP contribution in [0.3, 0.4) is 0 Å². The Hall–Kier alpha value is -1.87. The molecule has 0 bridgehead atoms. The topological polar surface area (TPSA) is 29.3 Å². The quantitative estimate of drug-likeness (QED) is 0.897. The fraction of sp³-hybridized carbons (Fsp3) is 0.294. The van der Waals surface area contributed by atoms with E-state index in [-0.39, 0.29) is 5.82 Å². The van der Waals surface area contributed by atoms with Crippen LogP contribution < -0.4 is 10.6 Å². The van der Waals surface area contributed by atoms with Crippen molar-refractivity contribution in [1.29, 1.82) is 0 Å². The van der Waals surface area contributed by atoms with Crippen LogP contribution in [0.15, 0.2) is 42.5 Å². The molecule has 20 heavy (non-hydrogen) atoms. The number of benzene rings is 2. The normalized spacial score (nSPS) is 10.6. The van der Waals surface area contributed by atoms with Gasteiger partial charge in [-0.3, -0.25) is 0 Å². The minimum Gasteiger partial charge on any atom is -0.341 e. The zero-order valence-electron chi connectivity index (χ0n) is 12.1. The molecule has 0 aliphatic carbocycles. The maximum atomic E-state index is 13.5. The van der Waals surface area contributed by atoms with Gasteiger partial charge in [-0.05, 0) is 62.2 Å². The summed E-state index contributed by atoms with van der Waals surface area (Å²) in [5, 5.41) is 0. The number of nitrogens with zero attached hydrogens (tertiary/aromatic N) is 1. The molecule has 2 rings (SSSR count). The number of para-hydroxylation sites is 1. The first-order valence-electron chi connectivity index (χ1n) is 6.99. The average Bonchev–Trinajstić information content (AvgIpc) is 2.44. The first kappa shape index (κ1) is 14.5. The van der Waals surface area contributed by atoms with Gasteiger partial charge in [0, 0.05) is 17.9 Å². The van der Waals surface area contributed by atoms with Crippen molar-refractivity contribution in [2.24, 2.45) is 5.73 Å². The summed E-state index contributed by atoms with van der Waals surface area (Å²) in [4.78, 5) is 2.21. The smallest absolute Gasteiger partial charge is 0.123 e.